The van der Waals surface area contributed by atoms with Crippen LogP contribution in [0.15, 0.2) is 0 Å². The van der Waals surface area contributed by atoms with Crippen molar-refractivity contribution >= 4 is 29.6 Å². The fourth-order valence-electron chi connectivity index (χ4n) is 2.43. The van der Waals surface area contributed by atoms with Gasteiger partial charge in [-0.1, -0.05) is 90.9 Å². The molecule has 19 heavy (non-hydrogen) atoms. The topological polar surface area (TPSA) is 20.2 Å². The molecule has 0 heterocycles. The summed E-state index contributed by atoms with van der Waals surface area (Å²) in [5, 5.41) is 8.91. The molecule has 1 unspecified atom stereocenters. The van der Waals surface area contributed by atoms with Gasteiger partial charge in [-0.05, 0) is 12.3 Å². The first-order chi connectivity index (χ1) is 8.81. The van der Waals surface area contributed by atoms with E-state index in [1.165, 1.54) is 83.5 Å². The molecule has 1 nitrogen and oxygen atoms in total. The van der Waals surface area contributed by atoms with Crippen LogP contribution in [0.2, 0.25) is 0 Å². The van der Waals surface area contributed by atoms with Crippen molar-refractivity contribution in [3.8, 4) is 0 Å². The maximum atomic E-state index is 8.91. The molecule has 0 aromatic rings. The van der Waals surface area contributed by atoms with Crippen LogP contribution >= 0.6 is 0 Å². The Morgan fingerprint density at radius 1 is 0.684 bits per heavy atom. The summed E-state index contributed by atoms with van der Waals surface area (Å²) in [5.41, 5.74) is 0. The van der Waals surface area contributed by atoms with Crippen molar-refractivity contribution in [2.24, 2.45) is 5.92 Å². The van der Waals surface area contributed by atoms with Crippen molar-refractivity contribution in [1.29, 1.82) is 0 Å². The third kappa shape index (κ3) is 19.0. The van der Waals surface area contributed by atoms with E-state index in [-0.39, 0.29) is 29.6 Å². The van der Waals surface area contributed by atoms with Crippen LogP contribution < -0.4 is 0 Å². The molecule has 0 radical (unpaired) electrons. The molecule has 0 amide bonds. The number of aliphatic hydroxyl groups excluding tert-OH is 1. The third-order valence-corrected chi connectivity index (χ3v) is 3.86. The van der Waals surface area contributed by atoms with E-state index >= 15 is 0 Å². The second kappa shape index (κ2) is 19.0. The molecule has 112 valence electrons. The molecule has 0 aliphatic carbocycles. The van der Waals surface area contributed by atoms with Crippen LogP contribution in [0.25, 0.3) is 0 Å². The molecule has 0 aromatic carbocycles. The van der Waals surface area contributed by atoms with Gasteiger partial charge in [-0.25, -0.2) is 0 Å². The van der Waals surface area contributed by atoms with E-state index in [1.54, 1.807) is 0 Å². The molecule has 0 aromatic heterocycles. The van der Waals surface area contributed by atoms with Crippen molar-refractivity contribution in [1.82, 2.24) is 0 Å². The van der Waals surface area contributed by atoms with Gasteiger partial charge in [-0.3, -0.25) is 0 Å². The molecule has 1 N–H and O–H groups in total. The van der Waals surface area contributed by atoms with Crippen molar-refractivity contribution in [3.63, 3.8) is 0 Å². The van der Waals surface area contributed by atoms with E-state index in [4.69, 9.17) is 5.11 Å². The second-order valence-electron chi connectivity index (χ2n) is 5.97. The Hall–Kier alpha value is 0.960. The molecule has 0 bridgehead atoms. The molecule has 0 aliphatic heterocycles. The maximum absolute atomic E-state index is 8.91. The Morgan fingerprint density at radius 3 is 1.42 bits per heavy atom. The SMILES string of the molecule is CCCCCCCCCCCCCCC(C)CO.[NaH]. The summed E-state index contributed by atoms with van der Waals surface area (Å²) in [6.45, 7) is 4.78. The van der Waals surface area contributed by atoms with Crippen LogP contribution in [-0.4, -0.2) is 41.3 Å². The van der Waals surface area contributed by atoms with Gasteiger partial charge in [0.05, 0.1) is 0 Å². The molecule has 0 fully saturated rings. The number of hydrogen-bond acceptors (Lipinski definition) is 1. The Balaban J connectivity index is 0. The van der Waals surface area contributed by atoms with Crippen molar-refractivity contribution < 1.29 is 5.11 Å². The Labute approximate surface area is 144 Å². The van der Waals surface area contributed by atoms with Crippen molar-refractivity contribution in [2.75, 3.05) is 6.61 Å². The fourth-order valence-corrected chi connectivity index (χ4v) is 2.43. The van der Waals surface area contributed by atoms with Gasteiger partial charge in [0, 0.05) is 6.61 Å². The van der Waals surface area contributed by atoms with E-state index in [2.05, 4.69) is 13.8 Å². The van der Waals surface area contributed by atoms with Crippen LogP contribution in [0.5, 0.6) is 0 Å². The van der Waals surface area contributed by atoms with Gasteiger partial charge < -0.3 is 5.11 Å². The van der Waals surface area contributed by atoms with Gasteiger partial charge in [0.2, 0.25) is 0 Å². The van der Waals surface area contributed by atoms with Crippen molar-refractivity contribution in [3.05, 3.63) is 0 Å². The Morgan fingerprint density at radius 2 is 1.05 bits per heavy atom. The monoisotopic (exact) mass is 280 g/mol. The first kappa shape index (κ1) is 22.2. The van der Waals surface area contributed by atoms with Gasteiger partial charge in [0.1, 0.15) is 0 Å². The molecule has 0 saturated carbocycles. The van der Waals surface area contributed by atoms with Gasteiger partial charge in [0.25, 0.3) is 0 Å². The number of hydrogen-bond donors (Lipinski definition) is 1. The van der Waals surface area contributed by atoms with E-state index < -0.39 is 0 Å². The van der Waals surface area contributed by atoms with Gasteiger partial charge >= 0.3 is 29.6 Å². The summed E-state index contributed by atoms with van der Waals surface area (Å²) in [4.78, 5) is 0. The third-order valence-electron chi connectivity index (χ3n) is 3.86. The summed E-state index contributed by atoms with van der Waals surface area (Å²) in [6, 6.07) is 0. The standard InChI is InChI=1S/C17H36O.Na.H/c1-3-4-5-6-7-8-9-10-11-12-13-14-15-17(2)16-18;;/h17-18H,3-16H2,1-2H3;;. The average Bonchev–Trinajstić information content (AvgIpc) is 2.39. The summed E-state index contributed by atoms with van der Waals surface area (Å²) in [5.74, 6) is 0.508. The predicted molar refractivity (Wildman–Crippen MR) is 89.1 cm³/mol. The van der Waals surface area contributed by atoms with Crippen LogP contribution in [0.4, 0.5) is 0 Å². The molecule has 1 atom stereocenters. The van der Waals surface area contributed by atoms with Crippen LogP contribution in [0.3, 0.4) is 0 Å². The van der Waals surface area contributed by atoms with E-state index in [0.29, 0.717) is 12.5 Å². The quantitative estimate of drug-likeness (QED) is 0.348. The zero-order valence-electron chi connectivity index (χ0n) is 12.9. The summed E-state index contributed by atoms with van der Waals surface area (Å²) >= 11 is 0. The minimum absolute atomic E-state index is 0. The molecular formula is C17H37NaO. The van der Waals surface area contributed by atoms with Crippen LogP contribution in [0, 0.1) is 5.92 Å². The van der Waals surface area contributed by atoms with Gasteiger partial charge in [0.15, 0.2) is 0 Å². The molecule has 0 rings (SSSR count). The van der Waals surface area contributed by atoms with E-state index in [9.17, 15) is 0 Å². The summed E-state index contributed by atoms with van der Waals surface area (Å²) in [7, 11) is 0. The second-order valence-corrected chi connectivity index (χ2v) is 5.97. The first-order valence-electron chi connectivity index (χ1n) is 8.42. The van der Waals surface area contributed by atoms with Crippen LogP contribution in [-0.2, 0) is 0 Å². The molecule has 0 spiro atoms. The number of unbranched alkanes of at least 4 members (excludes halogenated alkanes) is 11. The van der Waals surface area contributed by atoms with E-state index in [1.807, 2.05) is 0 Å². The molecule has 2 heteroatoms. The van der Waals surface area contributed by atoms with Gasteiger partial charge in [-0.15, -0.1) is 0 Å². The average molecular weight is 280 g/mol. The predicted octanol–water partition coefficient (Wildman–Crippen LogP) is 5.06. The summed E-state index contributed by atoms with van der Waals surface area (Å²) in [6.07, 6.45) is 18.1. The fraction of sp³-hybridized carbons (Fsp3) is 1.00. The van der Waals surface area contributed by atoms with Gasteiger partial charge in [-0.2, -0.15) is 0 Å². The normalized spacial score (nSPS) is 12.2. The molecule has 0 aliphatic rings. The summed E-state index contributed by atoms with van der Waals surface area (Å²) < 4.78 is 0. The minimum atomic E-state index is 0. The number of rotatable bonds is 14. The zero-order valence-corrected chi connectivity index (χ0v) is 12.9. The van der Waals surface area contributed by atoms with Crippen molar-refractivity contribution in [2.45, 2.75) is 97.3 Å². The number of aliphatic hydroxyl groups is 1. The Bertz CT molecular complexity index is 150. The Kier molecular flexibility index (Phi) is 22.2. The molecule has 0 saturated heterocycles. The molecular weight excluding hydrogens is 243 g/mol. The van der Waals surface area contributed by atoms with Crippen LogP contribution in [0.1, 0.15) is 97.3 Å². The van der Waals surface area contributed by atoms with E-state index in [0.717, 1.165) is 0 Å². The first-order valence-corrected chi connectivity index (χ1v) is 8.42. The zero-order chi connectivity index (χ0) is 13.5.